The van der Waals surface area contributed by atoms with Gasteiger partial charge in [0.15, 0.2) is 0 Å². The number of anilines is 1. The summed E-state index contributed by atoms with van der Waals surface area (Å²) in [6.45, 7) is 1.61. The first-order chi connectivity index (χ1) is 9.72. The lowest BCUT2D eigenvalue weighted by Gasteiger charge is -2.08. The number of halogens is 2. The van der Waals surface area contributed by atoms with E-state index in [1.807, 2.05) is 6.07 Å². The molecule has 0 fully saturated rings. The second-order valence-electron chi connectivity index (χ2n) is 4.85. The summed E-state index contributed by atoms with van der Waals surface area (Å²) in [5, 5.41) is 3.30. The Kier molecular flexibility index (Phi) is 3.92. The maximum Gasteiger partial charge on any atom is 0.137 e. The number of benzene rings is 2. The van der Waals surface area contributed by atoms with Crippen molar-refractivity contribution in [2.45, 2.75) is 12.8 Å². The van der Waals surface area contributed by atoms with Crippen molar-refractivity contribution in [3.63, 3.8) is 0 Å². The molecule has 0 spiro atoms. The SMILES string of the molecule is Fc1ccc(NCCc2ccc3c(c2)CCO3)cc1Br. The molecule has 1 aliphatic heterocycles. The average molecular weight is 336 g/mol. The number of ether oxygens (including phenoxy) is 1. The zero-order valence-electron chi connectivity index (χ0n) is 11.0. The molecule has 2 aromatic carbocycles. The molecule has 1 N–H and O–H groups in total. The third-order valence-electron chi connectivity index (χ3n) is 3.42. The van der Waals surface area contributed by atoms with Crippen molar-refractivity contribution in [2.24, 2.45) is 0 Å². The largest absolute Gasteiger partial charge is 0.493 e. The van der Waals surface area contributed by atoms with Crippen LogP contribution in [0.5, 0.6) is 5.75 Å². The van der Waals surface area contributed by atoms with Crippen LogP contribution in [-0.2, 0) is 12.8 Å². The Balaban J connectivity index is 1.58. The lowest BCUT2D eigenvalue weighted by molar-refractivity contribution is 0.357. The van der Waals surface area contributed by atoms with Gasteiger partial charge in [0.05, 0.1) is 11.1 Å². The fourth-order valence-electron chi connectivity index (χ4n) is 2.35. The van der Waals surface area contributed by atoms with E-state index < -0.39 is 0 Å². The van der Waals surface area contributed by atoms with Gasteiger partial charge in [0.2, 0.25) is 0 Å². The van der Waals surface area contributed by atoms with E-state index in [1.165, 1.54) is 17.2 Å². The van der Waals surface area contributed by atoms with Crippen LogP contribution in [-0.4, -0.2) is 13.2 Å². The van der Waals surface area contributed by atoms with Gasteiger partial charge in [-0.15, -0.1) is 0 Å². The summed E-state index contributed by atoms with van der Waals surface area (Å²) in [6, 6.07) is 11.3. The van der Waals surface area contributed by atoms with Gasteiger partial charge < -0.3 is 10.1 Å². The molecule has 0 unspecified atom stereocenters. The first-order valence-electron chi connectivity index (χ1n) is 6.66. The molecule has 2 aromatic rings. The van der Waals surface area contributed by atoms with Crippen molar-refractivity contribution in [3.05, 3.63) is 57.8 Å². The fraction of sp³-hybridized carbons (Fsp3) is 0.250. The van der Waals surface area contributed by atoms with Gasteiger partial charge in [0, 0.05) is 18.7 Å². The molecule has 2 nitrogen and oxygen atoms in total. The van der Waals surface area contributed by atoms with Gasteiger partial charge in [0.1, 0.15) is 11.6 Å². The Hall–Kier alpha value is -1.55. The number of hydrogen-bond acceptors (Lipinski definition) is 2. The first-order valence-corrected chi connectivity index (χ1v) is 7.45. The first kappa shape index (κ1) is 13.4. The Morgan fingerprint density at radius 3 is 2.95 bits per heavy atom. The minimum atomic E-state index is -0.242. The van der Waals surface area contributed by atoms with E-state index in [0.717, 1.165) is 37.4 Å². The highest BCUT2D eigenvalue weighted by atomic mass is 79.9. The highest BCUT2D eigenvalue weighted by Crippen LogP contribution is 2.26. The molecule has 0 saturated carbocycles. The van der Waals surface area contributed by atoms with Crippen molar-refractivity contribution >= 4 is 21.6 Å². The lowest BCUT2D eigenvalue weighted by Crippen LogP contribution is -2.05. The summed E-state index contributed by atoms with van der Waals surface area (Å²) in [6.07, 6.45) is 1.93. The van der Waals surface area contributed by atoms with E-state index >= 15 is 0 Å². The summed E-state index contributed by atoms with van der Waals surface area (Å²) in [5.41, 5.74) is 3.51. The molecule has 0 amide bonds. The molecule has 1 heterocycles. The molecule has 1 aliphatic rings. The smallest absolute Gasteiger partial charge is 0.137 e. The van der Waals surface area contributed by atoms with Crippen LogP contribution in [0.1, 0.15) is 11.1 Å². The Bertz CT molecular complexity index is 630. The number of nitrogens with one attached hydrogen (secondary N) is 1. The molecule has 0 aromatic heterocycles. The van der Waals surface area contributed by atoms with Crippen LogP contribution in [0.2, 0.25) is 0 Å². The van der Waals surface area contributed by atoms with E-state index in [1.54, 1.807) is 12.1 Å². The quantitative estimate of drug-likeness (QED) is 0.905. The molecule has 0 aliphatic carbocycles. The van der Waals surface area contributed by atoms with Crippen LogP contribution in [0.25, 0.3) is 0 Å². The van der Waals surface area contributed by atoms with Crippen molar-refractivity contribution in [1.29, 1.82) is 0 Å². The highest BCUT2D eigenvalue weighted by Gasteiger charge is 2.11. The molecule has 0 bridgehead atoms. The summed E-state index contributed by atoms with van der Waals surface area (Å²) < 4.78 is 19.1. The van der Waals surface area contributed by atoms with Crippen LogP contribution < -0.4 is 10.1 Å². The molecular weight excluding hydrogens is 321 g/mol. The zero-order chi connectivity index (χ0) is 13.9. The van der Waals surface area contributed by atoms with Crippen molar-refractivity contribution in [1.82, 2.24) is 0 Å². The Morgan fingerprint density at radius 1 is 1.20 bits per heavy atom. The van der Waals surface area contributed by atoms with Crippen molar-refractivity contribution in [2.75, 3.05) is 18.5 Å². The van der Waals surface area contributed by atoms with Gasteiger partial charge >= 0.3 is 0 Å². The molecule has 3 rings (SSSR count). The minimum Gasteiger partial charge on any atom is -0.493 e. The van der Waals surface area contributed by atoms with Crippen LogP contribution in [0.3, 0.4) is 0 Å². The molecule has 0 radical (unpaired) electrons. The Morgan fingerprint density at radius 2 is 2.10 bits per heavy atom. The van der Waals surface area contributed by atoms with E-state index in [0.29, 0.717) is 4.47 Å². The predicted octanol–water partition coefficient (Wildman–Crippen LogP) is 4.18. The highest BCUT2D eigenvalue weighted by molar-refractivity contribution is 9.10. The lowest BCUT2D eigenvalue weighted by atomic mass is 10.1. The summed E-state index contributed by atoms with van der Waals surface area (Å²) in [7, 11) is 0. The number of hydrogen-bond donors (Lipinski definition) is 1. The van der Waals surface area contributed by atoms with Gasteiger partial charge in [-0.05, 0) is 57.7 Å². The van der Waals surface area contributed by atoms with Crippen molar-refractivity contribution in [3.8, 4) is 5.75 Å². The molecule has 104 valence electrons. The second kappa shape index (κ2) is 5.83. The maximum absolute atomic E-state index is 13.1. The van der Waals surface area contributed by atoms with Crippen LogP contribution in [0.15, 0.2) is 40.9 Å². The summed E-state index contributed by atoms with van der Waals surface area (Å²) >= 11 is 3.19. The van der Waals surface area contributed by atoms with Gasteiger partial charge in [0.25, 0.3) is 0 Å². The van der Waals surface area contributed by atoms with Crippen LogP contribution in [0, 0.1) is 5.82 Å². The predicted molar refractivity (Wildman–Crippen MR) is 81.9 cm³/mol. The van der Waals surface area contributed by atoms with Crippen LogP contribution in [0.4, 0.5) is 10.1 Å². The van der Waals surface area contributed by atoms with Gasteiger partial charge in [-0.25, -0.2) is 4.39 Å². The van der Waals surface area contributed by atoms with Gasteiger partial charge in [-0.2, -0.15) is 0 Å². The number of fused-ring (bicyclic) bond motifs is 1. The van der Waals surface area contributed by atoms with Crippen molar-refractivity contribution < 1.29 is 9.13 Å². The molecule has 0 saturated heterocycles. The zero-order valence-corrected chi connectivity index (χ0v) is 12.5. The van der Waals surface area contributed by atoms with E-state index in [4.69, 9.17) is 4.74 Å². The summed E-state index contributed by atoms with van der Waals surface area (Å²) in [5.74, 6) is 0.776. The van der Waals surface area contributed by atoms with E-state index in [2.05, 4.69) is 33.4 Å². The maximum atomic E-state index is 13.1. The normalized spacial score (nSPS) is 12.9. The number of rotatable bonds is 4. The third kappa shape index (κ3) is 2.96. The third-order valence-corrected chi connectivity index (χ3v) is 4.02. The molecule has 4 heteroatoms. The standard InChI is InChI=1S/C16H15BrFNO/c17-14-10-13(2-3-15(14)18)19-7-5-11-1-4-16-12(9-11)6-8-20-16/h1-4,9-10,19H,5-8H2. The molecule has 20 heavy (non-hydrogen) atoms. The van der Waals surface area contributed by atoms with Crippen LogP contribution >= 0.6 is 15.9 Å². The molecule has 0 atom stereocenters. The van der Waals surface area contributed by atoms with E-state index in [9.17, 15) is 4.39 Å². The molecular formula is C16H15BrFNO. The fourth-order valence-corrected chi connectivity index (χ4v) is 2.73. The van der Waals surface area contributed by atoms with Gasteiger partial charge in [-0.1, -0.05) is 12.1 Å². The van der Waals surface area contributed by atoms with E-state index in [-0.39, 0.29) is 5.82 Å². The summed E-state index contributed by atoms with van der Waals surface area (Å²) in [4.78, 5) is 0. The minimum absolute atomic E-state index is 0.242. The monoisotopic (exact) mass is 335 g/mol. The Labute approximate surface area is 126 Å². The average Bonchev–Trinajstić information content (AvgIpc) is 2.90. The topological polar surface area (TPSA) is 21.3 Å². The second-order valence-corrected chi connectivity index (χ2v) is 5.70. The van der Waals surface area contributed by atoms with Gasteiger partial charge in [-0.3, -0.25) is 0 Å².